The molecule has 1 aromatic carbocycles. The Morgan fingerprint density at radius 1 is 1.12 bits per heavy atom. The largest absolute Gasteiger partial charge is 0.309 e. The van der Waals surface area contributed by atoms with Crippen molar-refractivity contribution in [2.24, 2.45) is 4.99 Å². The molecule has 2 aromatic rings. The molecule has 5 nitrogen and oxygen atoms in total. The van der Waals surface area contributed by atoms with E-state index in [0.717, 1.165) is 38.2 Å². The molecule has 3 heterocycles. The second kappa shape index (κ2) is 7.89. The number of aromatic nitrogens is 1. The molecule has 0 amide bonds. The number of rotatable bonds is 5. The van der Waals surface area contributed by atoms with Crippen LogP contribution in [0.15, 0.2) is 53.8 Å². The topological polar surface area (TPSA) is 57.6 Å². The lowest BCUT2D eigenvalue weighted by molar-refractivity contribution is 0.0999. The number of aliphatic imine (C=N–C) groups is 1. The van der Waals surface area contributed by atoms with Crippen LogP contribution in [0.2, 0.25) is 0 Å². The summed E-state index contributed by atoms with van der Waals surface area (Å²) in [5.74, 6) is 0.145. The van der Waals surface area contributed by atoms with E-state index in [4.69, 9.17) is 0 Å². The first-order valence-corrected chi connectivity index (χ1v) is 9.31. The van der Waals surface area contributed by atoms with E-state index in [-0.39, 0.29) is 5.78 Å². The van der Waals surface area contributed by atoms with Crippen LogP contribution in [0.25, 0.3) is 0 Å². The molecule has 1 fully saturated rings. The molecule has 0 unspecified atom stereocenters. The Morgan fingerprint density at radius 2 is 1.92 bits per heavy atom. The van der Waals surface area contributed by atoms with Gasteiger partial charge < -0.3 is 5.32 Å². The highest BCUT2D eigenvalue weighted by atomic mass is 16.1. The molecule has 0 saturated carbocycles. The van der Waals surface area contributed by atoms with Crippen LogP contribution in [0.4, 0.5) is 5.69 Å². The number of pyridine rings is 1. The van der Waals surface area contributed by atoms with Crippen molar-refractivity contribution < 1.29 is 4.79 Å². The van der Waals surface area contributed by atoms with Gasteiger partial charge in [-0.2, -0.15) is 0 Å². The van der Waals surface area contributed by atoms with E-state index in [2.05, 4.69) is 50.5 Å². The lowest BCUT2D eigenvalue weighted by Gasteiger charge is -2.32. The number of hydrogen-bond donors (Lipinski definition) is 1. The molecular formula is C21H24N4O. The van der Waals surface area contributed by atoms with Crippen LogP contribution in [0, 0.1) is 0 Å². The summed E-state index contributed by atoms with van der Waals surface area (Å²) in [5, 5.41) is 3.60. The third kappa shape index (κ3) is 4.06. The van der Waals surface area contributed by atoms with Gasteiger partial charge in [0.25, 0.3) is 0 Å². The van der Waals surface area contributed by atoms with Crippen molar-refractivity contribution >= 4 is 17.2 Å². The normalized spacial score (nSPS) is 18.5. The van der Waals surface area contributed by atoms with Gasteiger partial charge in [0.05, 0.1) is 18.3 Å². The van der Waals surface area contributed by atoms with E-state index in [1.54, 1.807) is 18.5 Å². The summed E-state index contributed by atoms with van der Waals surface area (Å²) in [5.41, 5.74) is 3.69. The molecule has 1 N–H and O–H groups in total. The molecule has 4 rings (SSSR count). The Morgan fingerprint density at radius 3 is 2.73 bits per heavy atom. The number of fused-ring (bicyclic) bond motifs is 1. The standard InChI is InChI=1S/C21H24N4O/c26-21-12-18(24-20-14-22-9-6-19(20)21)13-23-17-7-10-25(11-8-17)15-16-4-2-1-3-5-16/h1-6,9,14,17,23H,7-8,10-13,15H2. The fourth-order valence-corrected chi connectivity index (χ4v) is 3.70. The third-order valence-corrected chi connectivity index (χ3v) is 5.18. The van der Waals surface area contributed by atoms with Gasteiger partial charge in [-0.05, 0) is 37.6 Å². The van der Waals surface area contributed by atoms with Crippen LogP contribution >= 0.6 is 0 Å². The lowest BCUT2D eigenvalue weighted by Crippen LogP contribution is -2.44. The van der Waals surface area contributed by atoms with Crippen molar-refractivity contribution in [3.8, 4) is 0 Å². The molecule has 0 radical (unpaired) electrons. The van der Waals surface area contributed by atoms with Crippen molar-refractivity contribution in [1.82, 2.24) is 15.2 Å². The van der Waals surface area contributed by atoms with E-state index in [9.17, 15) is 4.79 Å². The predicted octanol–water partition coefficient (Wildman–Crippen LogP) is 2.99. The van der Waals surface area contributed by atoms with Crippen LogP contribution < -0.4 is 5.32 Å². The van der Waals surface area contributed by atoms with Crippen LogP contribution in [0.5, 0.6) is 0 Å². The fourth-order valence-electron chi connectivity index (χ4n) is 3.70. The van der Waals surface area contributed by atoms with Crippen molar-refractivity contribution in [3.05, 3.63) is 59.9 Å². The second-order valence-electron chi connectivity index (χ2n) is 7.09. The van der Waals surface area contributed by atoms with Gasteiger partial charge in [-0.15, -0.1) is 0 Å². The van der Waals surface area contributed by atoms with Crippen LogP contribution in [-0.4, -0.2) is 47.1 Å². The summed E-state index contributed by atoms with van der Waals surface area (Å²) in [6, 6.07) is 12.9. The summed E-state index contributed by atoms with van der Waals surface area (Å²) in [6.45, 7) is 3.91. The highest BCUT2D eigenvalue weighted by Gasteiger charge is 2.22. The van der Waals surface area contributed by atoms with Gasteiger partial charge in [0.15, 0.2) is 5.78 Å². The minimum atomic E-state index is 0.145. The number of nitrogens with one attached hydrogen (secondary N) is 1. The molecule has 26 heavy (non-hydrogen) atoms. The Labute approximate surface area is 154 Å². The van der Waals surface area contributed by atoms with Crippen molar-refractivity contribution in [2.75, 3.05) is 19.6 Å². The predicted molar refractivity (Wildman–Crippen MR) is 103 cm³/mol. The number of carbonyl (C=O) groups excluding carboxylic acids is 1. The summed E-state index contributed by atoms with van der Waals surface area (Å²) < 4.78 is 0. The molecule has 2 aliphatic rings. The van der Waals surface area contributed by atoms with Crippen LogP contribution in [0.1, 0.15) is 35.2 Å². The number of Topliss-reactive ketones (excluding diaryl/α,β-unsaturated/α-hetero) is 1. The summed E-state index contributed by atoms with van der Waals surface area (Å²) in [7, 11) is 0. The number of piperidine rings is 1. The third-order valence-electron chi connectivity index (χ3n) is 5.18. The molecule has 0 atom stereocenters. The van der Waals surface area contributed by atoms with E-state index >= 15 is 0 Å². The maximum atomic E-state index is 12.2. The zero-order valence-corrected chi connectivity index (χ0v) is 14.9. The molecule has 0 bridgehead atoms. The molecule has 134 valence electrons. The van der Waals surface area contributed by atoms with Crippen molar-refractivity contribution in [2.45, 2.75) is 31.8 Å². The highest BCUT2D eigenvalue weighted by molar-refractivity contribution is 6.16. The van der Waals surface area contributed by atoms with Gasteiger partial charge in [-0.1, -0.05) is 30.3 Å². The number of nitrogens with zero attached hydrogens (tertiary/aromatic N) is 3. The van der Waals surface area contributed by atoms with Crippen molar-refractivity contribution in [1.29, 1.82) is 0 Å². The molecular weight excluding hydrogens is 324 g/mol. The number of carbonyl (C=O) groups is 1. The Bertz CT molecular complexity index is 795. The zero-order valence-electron chi connectivity index (χ0n) is 14.9. The maximum Gasteiger partial charge on any atom is 0.170 e. The summed E-state index contributed by atoms with van der Waals surface area (Å²) >= 11 is 0. The van der Waals surface area contributed by atoms with Gasteiger partial charge in [-0.25, -0.2) is 0 Å². The first kappa shape index (κ1) is 17.1. The molecule has 0 aliphatic carbocycles. The second-order valence-corrected chi connectivity index (χ2v) is 7.09. The molecule has 5 heteroatoms. The van der Waals surface area contributed by atoms with E-state index in [1.807, 2.05) is 0 Å². The molecule has 1 saturated heterocycles. The average molecular weight is 348 g/mol. The fraction of sp³-hybridized carbons (Fsp3) is 0.381. The average Bonchev–Trinajstić information content (AvgIpc) is 2.68. The summed E-state index contributed by atoms with van der Waals surface area (Å²) in [6.07, 6.45) is 6.00. The number of ketones is 1. The van der Waals surface area contributed by atoms with Gasteiger partial charge >= 0.3 is 0 Å². The van der Waals surface area contributed by atoms with Gasteiger partial charge in [-0.3, -0.25) is 19.7 Å². The highest BCUT2D eigenvalue weighted by Crippen LogP contribution is 2.24. The monoisotopic (exact) mass is 348 g/mol. The van der Waals surface area contributed by atoms with Gasteiger partial charge in [0.2, 0.25) is 0 Å². The molecule has 0 spiro atoms. The van der Waals surface area contributed by atoms with Crippen LogP contribution in [-0.2, 0) is 6.54 Å². The Kier molecular flexibility index (Phi) is 5.18. The Hall–Kier alpha value is -2.37. The summed E-state index contributed by atoms with van der Waals surface area (Å²) in [4.78, 5) is 23.4. The first-order valence-electron chi connectivity index (χ1n) is 9.31. The maximum absolute atomic E-state index is 12.2. The van der Waals surface area contributed by atoms with Crippen LogP contribution in [0.3, 0.4) is 0 Å². The zero-order chi connectivity index (χ0) is 17.8. The smallest absolute Gasteiger partial charge is 0.170 e. The Balaban J connectivity index is 1.27. The molecule has 1 aromatic heterocycles. The lowest BCUT2D eigenvalue weighted by atomic mass is 10.0. The quantitative estimate of drug-likeness (QED) is 0.902. The minimum Gasteiger partial charge on any atom is -0.309 e. The molecule has 2 aliphatic heterocycles. The minimum absolute atomic E-state index is 0.145. The van der Waals surface area contributed by atoms with E-state index < -0.39 is 0 Å². The van der Waals surface area contributed by atoms with Crippen molar-refractivity contribution in [3.63, 3.8) is 0 Å². The van der Waals surface area contributed by atoms with Gasteiger partial charge in [0, 0.05) is 36.6 Å². The number of hydrogen-bond acceptors (Lipinski definition) is 5. The van der Waals surface area contributed by atoms with E-state index in [0.29, 0.717) is 30.3 Å². The SMILES string of the molecule is O=C1CC(CNC2CCN(Cc3ccccc3)CC2)=Nc2cnccc21. The first-order chi connectivity index (χ1) is 12.8. The van der Waals surface area contributed by atoms with Gasteiger partial charge in [0.1, 0.15) is 0 Å². The number of benzene rings is 1. The van der Waals surface area contributed by atoms with E-state index in [1.165, 1.54) is 5.56 Å². The number of likely N-dealkylation sites (tertiary alicyclic amines) is 1.